The topological polar surface area (TPSA) is 83.5 Å². The summed E-state index contributed by atoms with van der Waals surface area (Å²) < 4.78 is 21.8. The first kappa shape index (κ1) is 14.4. The van der Waals surface area contributed by atoms with Crippen LogP contribution in [-0.2, 0) is 14.6 Å². The molecule has 1 fully saturated rings. The van der Waals surface area contributed by atoms with Crippen LogP contribution in [0.25, 0.3) is 0 Å². The zero-order valence-electron chi connectivity index (χ0n) is 10.2. The molecule has 0 aromatic carbocycles. The summed E-state index contributed by atoms with van der Waals surface area (Å²) in [5.41, 5.74) is 0. The highest BCUT2D eigenvalue weighted by atomic mass is 32.2. The Hall–Kier alpha value is -0.620. The van der Waals surface area contributed by atoms with Crippen molar-refractivity contribution in [1.29, 1.82) is 0 Å². The highest BCUT2D eigenvalue weighted by Gasteiger charge is 2.25. The molecule has 17 heavy (non-hydrogen) atoms. The summed E-state index contributed by atoms with van der Waals surface area (Å²) in [5.74, 6) is -0.391. The summed E-state index contributed by atoms with van der Waals surface area (Å²) in [6.07, 6.45) is 5.26. The standard InChI is InChI=1S/C11H21NO4S/c1-17(15,16)8-11(14)12-6-9-4-2-3-5-10(9)7-13/h9-10,13H,2-8H2,1H3,(H,12,14). The fourth-order valence-electron chi connectivity index (χ4n) is 2.33. The van der Waals surface area contributed by atoms with Crippen molar-refractivity contribution in [3.8, 4) is 0 Å². The van der Waals surface area contributed by atoms with Gasteiger partial charge in [-0.1, -0.05) is 12.8 Å². The predicted octanol–water partition coefficient (Wildman–Crippen LogP) is -0.0541. The van der Waals surface area contributed by atoms with E-state index in [4.69, 9.17) is 0 Å². The van der Waals surface area contributed by atoms with E-state index >= 15 is 0 Å². The molecule has 0 aliphatic heterocycles. The Kier molecular flexibility index (Phi) is 5.39. The number of amides is 1. The first-order valence-electron chi connectivity index (χ1n) is 5.97. The Morgan fingerprint density at radius 3 is 2.41 bits per heavy atom. The third-order valence-corrected chi connectivity index (χ3v) is 4.04. The van der Waals surface area contributed by atoms with Crippen molar-refractivity contribution >= 4 is 15.7 Å². The lowest BCUT2D eigenvalue weighted by Gasteiger charge is -2.30. The van der Waals surface area contributed by atoms with Gasteiger partial charge in [-0.15, -0.1) is 0 Å². The molecule has 2 atom stereocenters. The molecule has 1 rings (SSSR count). The Bertz CT molecular complexity index is 352. The van der Waals surface area contributed by atoms with Gasteiger partial charge in [0.15, 0.2) is 9.84 Å². The summed E-state index contributed by atoms with van der Waals surface area (Å²) in [6, 6.07) is 0. The smallest absolute Gasteiger partial charge is 0.235 e. The molecule has 1 aliphatic rings. The second kappa shape index (κ2) is 6.35. The fraction of sp³-hybridized carbons (Fsp3) is 0.909. The monoisotopic (exact) mass is 263 g/mol. The number of carbonyl (C=O) groups is 1. The maximum Gasteiger partial charge on any atom is 0.235 e. The van der Waals surface area contributed by atoms with Gasteiger partial charge in [0.05, 0.1) is 0 Å². The van der Waals surface area contributed by atoms with Crippen molar-refractivity contribution in [2.75, 3.05) is 25.2 Å². The van der Waals surface area contributed by atoms with Gasteiger partial charge in [0, 0.05) is 19.4 Å². The zero-order chi connectivity index (χ0) is 12.9. The Labute approximate surface area is 103 Å². The van der Waals surface area contributed by atoms with Gasteiger partial charge < -0.3 is 10.4 Å². The average Bonchev–Trinajstić information content (AvgIpc) is 2.24. The number of nitrogens with one attached hydrogen (secondary N) is 1. The third-order valence-electron chi connectivity index (χ3n) is 3.26. The number of rotatable bonds is 5. The maximum atomic E-state index is 11.3. The molecule has 5 nitrogen and oxygen atoms in total. The van der Waals surface area contributed by atoms with Gasteiger partial charge >= 0.3 is 0 Å². The highest BCUT2D eigenvalue weighted by Crippen LogP contribution is 2.28. The van der Waals surface area contributed by atoms with Gasteiger partial charge in [-0.05, 0) is 24.7 Å². The van der Waals surface area contributed by atoms with Crippen molar-refractivity contribution in [3.63, 3.8) is 0 Å². The first-order chi connectivity index (χ1) is 7.92. The van der Waals surface area contributed by atoms with Crippen molar-refractivity contribution in [2.24, 2.45) is 11.8 Å². The molecule has 100 valence electrons. The van der Waals surface area contributed by atoms with E-state index in [1.807, 2.05) is 0 Å². The van der Waals surface area contributed by atoms with Crippen LogP contribution in [0.5, 0.6) is 0 Å². The number of sulfone groups is 1. The summed E-state index contributed by atoms with van der Waals surface area (Å²) in [6.45, 7) is 0.617. The molecule has 0 spiro atoms. The highest BCUT2D eigenvalue weighted by molar-refractivity contribution is 7.91. The normalized spacial score (nSPS) is 25.5. The molecule has 0 bridgehead atoms. The molecule has 0 radical (unpaired) electrons. The zero-order valence-corrected chi connectivity index (χ0v) is 11.0. The van der Waals surface area contributed by atoms with E-state index in [0.717, 1.165) is 31.9 Å². The van der Waals surface area contributed by atoms with Gasteiger partial charge in [0.1, 0.15) is 5.75 Å². The van der Waals surface area contributed by atoms with Crippen LogP contribution in [0.3, 0.4) is 0 Å². The molecule has 1 amide bonds. The molecule has 1 aliphatic carbocycles. The summed E-state index contributed by atoms with van der Waals surface area (Å²) in [4.78, 5) is 11.3. The number of hydrogen-bond donors (Lipinski definition) is 2. The van der Waals surface area contributed by atoms with Crippen molar-refractivity contribution in [3.05, 3.63) is 0 Å². The second-order valence-electron chi connectivity index (χ2n) is 4.86. The van der Waals surface area contributed by atoms with Crippen LogP contribution in [0, 0.1) is 11.8 Å². The lowest BCUT2D eigenvalue weighted by molar-refractivity contribution is -0.119. The molecule has 0 heterocycles. The van der Waals surface area contributed by atoms with Crippen LogP contribution >= 0.6 is 0 Å². The minimum Gasteiger partial charge on any atom is -0.396 e. The Morgan fingerprint density at radius 1 is 1.29 bits per heavy atom. The lowest BCUT2D eigenvalue weighted by Crippen LogP contribution is -2.37. The SMILES string of the molecule is CS(=O)(=O)CC(=O)NCC1CCCCC1CO. The van der Waals surface area contributed by atoms with Crippen LogP contribution in [0.15, 0.2) is 0 Å². The first-order valence-corrected chi connectivity index (χ1v) is 8.03. The number of hydrogen-bond acceptors (Lipinski definition) is 4. The predicted molar refractivity (Wildman–Crippen MR) is 65.3 cm³/mol. The van der Waals surface area contributed by atoms with Gasteiger partial charge in [-0.2, -0.15) is 0 Å². The largest absolute Gasteiger partial charge is 0.396 e. The van der Waals surface area contributed by atoms with Gasteiger partial charge in [-0.25, -0.2) is 8.42 Å². The van der Waals surface area contributed by atoms with Crippen LogP contribution in [0.1, 0.15) is 25.7 Å². The summed E-state index contributed by atoms with van der Waals surface area (Å²) >= 11 is 0. The summed E-state index contributed by atoms with van der Waals surface area (Å²) in [7, 11) is -3.26. The van der Waals surface area contributed by atoms with E-state index in [0.29, 0.717) is 6.54 Å². The summed E-state index contributed by atoms with van der Waals surface area (Å²) in [5, 5.41) is 11.8. The van der Waals surface area contributed by atoms with E-state index in [-0.39, 0.29) is 18.4 Å². The quantitative estimate of drug-likeness (QED) is 0.728. The van der Waals surface area contributed by atoms with Crippen LogP contribution in [0.4, 0.5) is 0 Å². The fourth-order valence-corrected chi connectivity index (χ4v) is 2.91. The molecule has 0 aromatic heterocycles. The van der Waals surface area contributed by atoms with Gasteiger partial charge in [-0.3, -0.25) is 4.79 Å². The van der Waals surface area contributed by atoms with E-state index in [1.54, 1.807) is 0 Å². The van der Waals surface area contributed by atoms with Gasteiger partial charge in [0.2, 0.25) is 5.91 Å². The molecular weight excluding hydrogens is 242 g/mol. The minimum atomic E-state index is -3.26. The number of aliphatic hydroxyl groups excluding tert-OH is 1. The van der Waals surface area contributed by atoms with E-state index in [9.17, 15) is 18.3 Å². The third kappa shape index (κ3) is 5.50. The van der Waals surface area contributed by atoms with E-state index < -0.39 is 21.5 Å². The van der Waals surface area contributed by atoms with Crippen LogP contribution < -0.4 is 5.32 Å². The second-order valence-corrected chi connectivity index (χ2v) is 7.00. The number of carbonyl (C=O) groups excluding carboxylic acids is 1. The number of aliphatic hydroxyl groups is 1. The van der Waals surface area contributed by atoms with Crippen molar-refractivity contribution in [1.82, 2.24) is 5.32 Å². The molecule has 2 unspecified atom stereocenters. The molecule has 1 saturated carbocycles. The van der Waals surface area contributed by atoms with E-state index in [2.05, 4.69) is 5.32 Å². The Balaban J connectivity index is 2.36. The molecule has 2 N–H and O–H groups in total. The van der Waals surface area contributed by atoms with Crippen molar-refractivity contribution < 1.29 is 18.3 Å². The van der Waals surface area contributed by atoms with Crippen LogP contribution in [-0.4, -0.2) is 44.6 Å². The average molecular weight is 263 g/mol. The molecule has 0 saturated heterocycles. The molecular formula is C11H21NO4S. The van der Waals surface area contributed by atoms with Crippen LogP contribution in [0.2, 0.25) is 0 Å². The van der Waals surface area contributed by atoms with E-state index in [1.165, 1.54) is 0 Å². The molecule has 0 aromatic rings. The lowest BCUT2D eigenvalue weighted by atomic mass is 9.79. The van der Waals surface area contributed by atoms with Gasteiger partial charge in [0.25, 0.3) is 0 Å². The Morgan fingerprint density at radius 2 is 1.88 bits per heavy atom. The molecule has 6 heteroatoms. The maximum absolute atomic E-state index is 11.3. The van der Waals surface area contributed by atoms with Crippen molar-refractivity contribution in [2.45, 2.75) is 25.7 Å². The minimum absolute atomic E-state index is 0.145.